The highest BCUT2D eigenvalue weighted by atomic mass is 16.3. The van der Waals surface area contributed by atoms with Gasteiger partial charge in [0.1, 0.15) is 17.2 Å². The van der Waals surface area contributed by atoms with Crippen molar-refractivity contribution in [1.82, 2.24) is 15.1 Å². The topological polar surface area (TPSA) is 97.4 Å². The van der Waals surface area contributed by atoms with Crippen molar-refractivity contribution >= 4 is 17.5 Å². The number of carbonyl (C=O) groups is 2. The molecule has 0 radical (unpaired) electrons. The van der Waals surface area contributed by atoms with E-state index in [1.54, 1.807) is 11.0 Å². The van der Waals surface area contributed by atoms with Crippen LogP contribution in [-0.4, -0.2) is 27.6 Å². The van der Waals surface area contributed by atoms with E-state index in [1.165, 1.54) is 12.1 Å². The summed E-state index contributed by atoms with van der Waals surface area (Å²) >= 11 is 0. The predicted molar refractivity (Wildman–Crippen MR) is 115 cm³/mol. The SMILES string of the molecule is Cc1ccc(CNC(=O)CCn2nc(C(=O)N3c4ccccc4CC3C)ccc2=O)o1. The number of carbonyl (C=O) groups excluding carboxylic acids is 2. The second-order valence-electron chi connectivity index (χ2n) is 7.68. The van der Waals surface area contributed by atoms with Gasteiger partial charge in [-0.1, -0.05) is 18.2 Å². The lowest BCUT2D eigenvalue weighted by Crippen LogP contribution is -2.38. The van der Waals surface area contributed by atoms with Crippen molar-refractivity contribution in [2.45, 2.75) is 45.8 Å². The lowest BCUT2D eigenvalue weighted by atomic mass is 10.1. The number of amides is 2. The summed E-state index contributed by atoms with van der Waals surface area (Å²) in [7, 11) is 0. The fraction of sp³-hybridized carbons (Fsp3) is 0.304. The molecule has 4 rings (SSSR count). The average Bonchev–Trinajstić information content (AvgIpc) is 3.32. The standard InChI is InChI=1S/C23H24N4O4/c1-15-13-17-5-3-4-6-20(17)27(15)23(30)19-9-10-22(29)26(25-19)12-11-21(28)24-14-18-8-7-16(2)31-18/h3-10,15H,11-14H2,1-2H3,(H,24,28). The number of para-hydroxylation sites is 1. The van der Waals surface area contributed by atoms with E-state index in [0.29, 0.717) is 5.76 Å². The van der Waals surface area contributed by atoms with Crippen LogP contribution in [0, 0.1) is 6.92 Å². The largest absolute Gasteiger partial charge is 0.465 e. The number of furan rings is 1. The van der Waals surface area contributed by atoms with E-state index in [9.17, 15) is 14.4 Å². The third-order valence-corrected chi connectivity index (χ3v) is 5.32. The molecule has 1 unspecified atom stereocenters. The molecule has 1 aromatic carbocycles. The zero-order chi connectivity index (χ0) is 22.0. The van der Waals surface area contributed by atoms with Gasteiger partial charge in [0.2, 0.25) is 5.91 Å². The molecule has 1 atom stereocenters. The molecule has 8 nitrogen and oxygen atoms in total. The summed E-state index contributed by atoms with van der Waals surface area (Å²) in [4.78, 5) is 39.2. The highest BCUT2D eigenvalue weighted by Gasteiger charge is 2.32. The average molecular weight is 420 g/mol. The van der Waals surface area contributed by atoms with Gasteiger partial charge in [-0.25, -0.2) is 4.68 Å². The Balaban J connectivity index is 1.43. The highest BCUT2D eigenvalue weighted by Crippen LogP contribution is 2.32. The van der Waals surface area contributed by atoms with Crippen LogP contribution in [-0.2, 0) is 24.3 Å². The van der Waals surface area contributed by atoms with Crippen LogP contribution in [0.15, 0.2) is 57.7 Å². The van der Waals surface area contributed by atoms with Gasteiger partial charge in [-0.15, -0.1) is 0 Å². The van der Waals surface area contributed by atoms with Crippen LogP contribution in [0.4, 0.5) is 5.69 Å². The molecule has 3 heterocycles. The van der Waals surface area contributed by atoms with E-state index in [0.717, 1.165) is 28.1 Å². The van der Waals surface area contributed by atoms with Crippen LogP contribution in [0.5, 0.6) is 0 Å². The second kappa shape index (κ2) is 8.59. The zero-order valence-electron chi connectivity index (χ0n) is 17.5. The fourth-order valence-electron chi connectivity index (χ4n) is 3.78. The molecule has 0 saturated heterocycles. The Bertz CT molecular complexity index is 1180. The van der Waals surface area contributed by atoms with Gasteiger partial charge < -0.3 is 14.6 Å². The third-order valence-electron chi connectivity index (χ3n) is 5.32. The number of hydrogen-bond donors (Lipinski definition) is 1. The smallest absolute Gasteiger partial charge is 0.278 e. The Hall–Kier alpha value is -3.68. The van der Waals surface area contributed by atoms with Gasteiger partial charge in [-0.2, -0.15) is 5.10 Å². The molecule has 1 aliphatic rings. The highest BCUT2D eigenvalue weighted by molar-refractivity contribution is 6.06. The van der Waals surface area contributed by atoms with Gasteiger partial charge in [0.05, 0.1) is 13.1 Å². The first kappa shape index (κ1) is 20.6. The van der Waals surface area contributed by atoms with Crippen molar-refractivity contribution in [2.24, 2.45) is 0 Å². The van der Waals surface area contributed by atoms with Crippen molar-refractivity contribution in [1.29, 1.82) is 0 Å². The number of aryl methyl sites for hydroxylation is 2. The first-order chi connectivity index (χ1) is 14.9. The van der Waals surface area contributed by atoms with E-state index in [-0.39, 0.29) is 48.6 Å². The minimum Gasteiger partial charge on any atom is -0.465 e. The van der Waals surface area contributed by atoms with Crippen LogP contribution in [0.25, 0.3) is 0 Å². The van der Waals surface area contributed by atoms with Crippen LogP contribution in [0.2, 0.25) is 0 Å². The minimum atomic E-state index is -0.360. The summed E-state index contributed by atoms with van der Waals surface area (Å²) in [6, 6.07) is 14.2. The summed E-state index contributed by atoms with van der Waals surface area (Å²) in [6.07, 6.45) is 0.837. The monoisotopic (exact) mass is 420 g/mol. The molecule has 31 heavy (non-hydrogen) atoms. The Morgan fingerprint density at radius 2 is 1.97 bits per heavy atom. The van der Waals surface area contributed by atoms with Crippen LogP contribution in [0.3, 0.4) is 0 Å². The van der Waals surface area contributed by atoms with Gasteiger partial charge in [0, 0.05) is 24.2 Å². The summed E-state index contributed by atoms with van der Waals surface area (Å²) in [5.41, 5.74) is 1.79. The molecule has 0 saturated carbocycles. The number of anilines is 1. The van der Waals surface area contributed by atoms with Crippen molar-refractivity contribution in [3.8, 4) is 0 Å². The molecule has 8 heteroatoms. The number of nitrogens with zero attached hydrogens (tertiary/aromatic N) is 3. The normalized spacial score (nSPS) is 15.0. The van der Waals surface area contributed by atoms with Crippen LogP contribution in [0.1, 0.15) is 40.9 Å². The molecule has 0 fully saturated rings. The van der Waals surface area contributed by atoms with E-state index in [1.807, 2.05) is 44.2 Å². The minimum absolute atomic E-state index is 0.00286. The lowest BCUT2D eigenvalue weighted by Gasteiger charge is -2.22. The lowest BCUT2D eigenvalue weighted by molar-refractivity contribution is -0.121. The van der Waals surface area contributed by atoms with E-state index in [2.05, 4.69) is 10.4 Å². The molecule has 1 aliphatic heterocycles. The van der Waals surface area contributed by atoms with Gasteiger partial charge in [-0.05, 0) is 50.1 Å². The van der Waals surface area contributed by atoms with Crippen molar-refractivity contribution in [3.05, 3.63) is 81.7 Å². The maximum Gasteiger partial charge on any atom is 0.278 e. The molecular formula is C23H24N4O4. The van der Waals surface area contributed by atoms with Crippen molar-refractivity contribution in [2.75, 3.05) is 4.90 Å². The van der Waals surface area contributed by atoms with Crippen molar-refractivity contribution in [3.63, 3.8) is 0 Å². The Kier molecular flexibility index (Phi) is 5.70. The Morgan fingerprint density at radius 3 is 2.74 bits per heavy atom. The quantitative estimate of drug-likeness (QED) is 0.661. The van der Waals surface area contributed by atoms with E-state index >= 15 is 0 Å². The molecule has 160 valence electrons. The Labute approximate surface area is 179 Å². The molecule has 2 amide bonds. The molecule has 0 aliphatic carbocycles. The molecular weight excluding hydrogens is 396 g/mol. The maximum atomic E-state index is 13.1. The second-order valence-corrected chi connectivity index (χ2v) is 7.68. The number of hydrogen-bond acceptors (Lipinski definition) is 5. The number of fused-ring (bicyclic) bond motifs is 1. The summed E-state index contributed by atoms with van der Waals surface area (Å²) in [6.45, 7) is 4.17. The van der Waals surface area contributed by atoms with Crippen LogP contribution < -0.4 is 15.8 Å². The molecule has 3 aromatic rings. The summed E-state index contributed by atoms with van der Waals surface area (Å²) in [5.74, 6) is 0.940. The van der Waals surface area contributed by atoms with Gasteiger partial charge >= 0.3 is 0 Å². The van der Waals surface area contributed by atoms with E-state index < -0.39 is 0 Å². The van der Waals surface area contributed by atoms with Crippen molar-refractivity contribution < 1.29 is 14.0 Å². The summed E-state index contributed by atoms with van der Waals surface area (Å²) in [5, 5.41) is 6.98. The zero-order valence-corrected chi connectivity index (χ0v) is 17.5. The number of benzene rings is 1. The Morgan fingerprint density at radius 1 is 1.16 bits per heavy atom. The number of aromatic nitrogens is 2. The molecule has 0 bridgehead atoms. The van der Waals surface area contributed by atoms with Gasteiger partial charge in [0.25, 0.3) is 11.5 Å². The first-order valence-electron chi connectivity index (χ1n) is 10.2. The maximum absolute atomic E-state index is 13.1. The first-order valence-corrected chi connectivity index (χ1v) is 10.2. The predicted octanol–water partition coefficient (Wildman–Crippen LogP) is 2.44. The molecule has 2 aromatic heterocycles. The number of nitrogens with one attached hydrogen (secondary N) is 1. The third kappa shape index (κ3) is 4.42. The molecule has 0 spiro atoms. The summed E-state index contributed by atoms with van der Waals surface area (Å²) < 4.78 is 6.58. The van der Waals surface area contributed by atoms with Gasteiger partial charge in [0.15, 0.2) is 0 Å². The van der Waals surface area contributed by atoms with E-state index in [4.69, 9.17) is 4.42 Å². The molecule has 1 N–H and O–H groups in total. The number of rotatable bonds is 6. The van der Waals surface area contributed by atoms with Crippen LogP contribution >= 0.6 is 0 Å². The van der Waals surface area contributed by atoms with Gasteiger partial charge in [-0.3, -0.25) is 14.4 Å². The fourth-order valence-corrected chi connectivity index (χ4v) is 3.78.